The number of phenols is 1. The van der Waals surface area contributed by atoms with Crippen molar-refractivity contribution in [2.45, 2.75) is 12.3 Å². The van der Waals surface area contributed by atoms with Crippen LogP contribution in [0.25, 0.3) is 0 Å². The van der Waals surface area contributed by atoms with E-state index in [0.29, 0.717) is 11.3 Å². The van der Waals surface area contributed by atoms with Crippen LogP contribution in [0, 0.1) is 10.1 Å². The van der Waals surface area contributed by atoms with Gasteiger partial charge in [0.15, 0.2) is 0 Å². The molecule has 5 nitrogen and oxygen atoms in total. The maximum atomic E-state index is 11.8. The molecule has 0 amide bonds. The van der Waals surface area contributed by atoms with Crippen molar-refractivity contribution in [1.82, 2.24) is 0 Å². The van der Waals surface area contributed by atoms with Crippen LogP contribution in [-0.2, 0) is 5.41 Å². The molecule has 0 bridgehead atoms. The minimum Gasteiger partial charge on any atom is -0.507 e. The van der Waals surface area contributed by atoms with Crippen LogP contribution >= 0.6 is 0 Å². The van der Waals surface area contributed by atoms with E-state index in [1.807, 2.05) is 97.9 Å². The zero-order chi connectivity index (χ0) is 22.6. The van der Waals surface area contributed by atoms with Gasteiger partial charge in [-0.2, -0.15) is 0 Å². The first-order valence-corrected chi connectivity index (χ1v) is 10.2. The molecule has 4 aromatic rings. The summed E-state index contributed by atoms with van der Waals surface area (Å²) in [5.41, 5.74) is 2.31. The molecule has 0 aliphatic heterocycles. The van der Waals surface area contributed by atoms with Gasteiger partial charge in [-0.1, -0.05) is 78.9 Å². The van der Waals surface area contributed by atoms with Crippen molar-refractivity contribution in [3.05, 3.63) is 135 Å². The lowest BCUT2D eigenvalue weighted by molar-refractivity contribution is -0.385. The molecule has 4 aromatic carbocycles. The lowest BCUT2D eigenvalue weighted by Crippen LogP contribution is -2.26. The second kappa shape index (κ2) is 8.86. The van der Waals surface area contributed by atoms with E-state index in [4.69, 9.17) is 0 Å². The van der Waals surface area contributed by atoms with Crippen molar-refractivity contribution in [3.8, 4) is 5.75 Å². The summed E-state index contributed by atoms with van der Waals surface area (Å²) in [6, 6.07) is 31.4. The van der Waals surface area contributed by atoms with E-state index in [1.165, 1.54) is 18.3 Å². The third kappa shape index (κ3) is 4.01. The quantitative estimate of drug-likeness (QED) is 0.169. The summed E-state index contributed by atoms with van der Waals surface area (Å²) in [5, 5.41) is 23.1. The summed E-state index contributed by atoms with van der Waals surface area (Å²) in [6.45, 7) is 1.97. The predicted octanol–water partition coefficient (Wildman–Crippen LogP) is 6.41. The zero-order valence-corrected chi connectivity index (χ0v) is 17.6. The van der Waals surface area contributed by atoms with Crippen molar-refractivity contribution in [2.75, 3.05) is 0 Å². The van der Waals surface area contributed by atoms with Gasteiger partial charge in [-0.3, -0.25) is 15.1 Å². The number of nitrogens with zero attached hydrogens (tertiary/aromatic N) is 2. The maximum absolute atomic E-state index is 11.8. The van der Waals surface area contributed by atoms with Crippen LogP contribution in [0.3, 0.4) is 0 Å². The smallest absolute Gasteiger partial charge is 0.270 e. The minimum atomic E-state index is -0.825. The molecule has 4 rings (SSSR count). The molecule has 32 heavy (non-hydrogen) atoms. The molecule has 0 saturated heterocycles. The molecule has 158 valence electrons. The van der Waals surface area contributed by atoms with Gasteiger partial charge < -0.3 is 5.11 Å². The van der Waals surface area contributed by atoms with E-state index < -0.39 is 10.3 Å². The van der Waals surface area contributed by atoms with Crippen molar-refractivity contribution in [2.24, 2.45) is 4.99 Å². The summed E-state index contributed by atoms with van der Waals surface area (Å²) >= 11 is 0. The predicted molar refractivity (Wildman–Crippen MR) is 127 cm³/mol. The molecular formula is C27H22N2O3. The lowest BCUT2D eigenvalue weighted by Gasteiger charge is -2.32. The first-order chi connectivity index (χ1) is 15.5. The standard InChI is InChI=1S/C27H22N2O3/c1-27(21-11-5-2-6-12-21,22-13-7-3-8-14-22)25-18-24(29(31)32)17-20(26(25)30)19-28-23-15-9-4-10-16-23/h2-19,30H,1H3. The molecule has 0 spiro atoms. The van der Waals surface area contributed by atoms with Gasteiger partial charge in [-0.25, -0.2) is 0 Å². The van der Waals surface area contributed by atoms with Gasteiger partial charge in [0.2, 0.25) is 0 Å². The maximum Gasteiger partial charge on any atom is 0.270 e. The van der Waals surface area contributed by atoms with Crippen molar-refractivity contribution >= 4 is 17.6 Å². The van der Waals surface area contributed by atoms with Crippen LogP contribution in [0.2, 0.25) is 0 Å². The number of aliphatic imine (C=N–C) groups is 1. The van der Waals surface area contributed by atoms with Gasteiger partial charge in [-0.15, -0.1) is 0 Å². The van der Waals surface area contributed by atoms with Crippen LogP contribution in [0.4, 0.5) is 11.4 Å². The molecular weight excluding hydrogens is 400 g/mol. The van der Waals surface area contributed by atoms with Crippen LogP contribution in [0.1, 0.15) is 29.2 Å². The highest BCUT2D eigenvalue weighted by atomic mass is 16.6. The van der Waals surface area contributed by atoms with E-state index in [-0.39, 0.29) is 17.0 Å². The number of aromatic hydroxyl groups is 1. The molecule has 0 radical (unpaired) electrons. The summed E-state index contributed by atoms with van der Waals surface area (Å²) < 4.78 is 0. The summed E-state index contributed by atoms with van der Waals surface area (Å²) in [4.78, 5) is 15.7. The topological polar surface area (TPSA) is 75.7 Å². The Morgan fingerprint density at radius 3 is 1.84 bits per heavy atom. The molecule has 0 heterocycles. The van der Waals surface area contributed by atoms with E-state index in [1.54, 1.807) is 0 Å². The normalized spacial score (nSPS) is 11.5. The van der Waals surface area contributed by atoms with Gasteiger partial charge in [0.1, 0.15) is 5.75 Å². The van der Waals surface area contributed by atoms with E-state index in [9.17, 15) is 15.2 Å². The molecule has 0 aliphatic carbocycles. The SMILES string of the molecule is CC(c1ccccc1)(c1ccccc1)c1cc([N+](=O)[O-])cc(C=Nc2ccccc2)c1O. The number of para-hydroxylation sites is 1. The number of rotatable bonds is 6. The fourth-order valence-corrected chi connectivity index (χ4v) is 3.90. The van der Waals surface area contributed by atoms with Crippen LogP contribution < -0.4 is 0 Å². The number of phenolic OH excluding ortho intramolecular Hbond substituents is 1. The molecule has 0 aliphatic rings. The first-order valence-electron chi connectivity index (χ1n) is 10.2. The molecule has 5 heteroatoms. The lowest BCUT2D eigenvalue weighted by atomic mass is 9.70. The van der Waals surface area contributed by atoms with Crippen molar-refractivity contribution < 1.29 is 10.0 Å². The monoisotopic (exact) mass is 422 g/mol. The first kappa shape index (κ1) is 21.0. The molecule has 0 atom stereocenters. The Bertz CT molecular complexity index is 1210. The molecule has 1 N–H and O–H groups in total. The highest BCUT2D eigenvalue weighted by Crippen LogP contribution is 2.45. The van der Waals surface area contributed by atoms with Gasteiger partial charge >= 0.3 is 0 Å². The fourth-order valence-electron chi connectivity index (χ4n) is 3.90. The average Bonchev–Trinajstić information content (AvgIpc) is 2.84. The Morgan fingerprint density at radius 2 is 1.34 bits per heavy atom. The second-order valence-electron chi connectivity index (χ2n) is 7.64. The van der Waals surface area contributed by atoms with Crippen molar-refractivity contribution in [1.29, 1.82) is 0 Å². The Kier molecular flexibility index (Phi) is 5.81. The Balaban J connectivity index is 1.96. The number of hydrogen-bond acceptors (Lipinski definition) is 4. The Hall–Kier alpha value is -4.25. The third-order valence-electron chi connectivity index (χ3n) is 5.68. The van der Waals surface area contributed by atoms with Gasteiger partial charge in [-0.05, 0) is 30.2 Å². The second-order valence-corrected chi connectivity index (χ2v) is 7.64. The highest BCUT2D eigenvalue weighted by molar-refractivity contribution is 5.88. The number of hydrogen-bond donors (Lipinski definition) is 1. The molecule has 0 aromatic heterocycles. The number of benzene rings is 4. The third-order valence-corrected chi connectivity index (χ3v) is 5.68. The van der Waals surface area contributed by atoms with E-state index in [2.05, 4.69) is 4.99 Å². The number of nitro benzene ring substituents is 1. The van der Waals surface area contributed by atoms with Crippen LogP contribution in [0.15, 0.2) is 108 Å². The van der Waals surface area contributed by atoms with Crippen LogP contribution in [-0.4, -0.2) is 16.2 Å². The summed E-state index contributed by atoms with van der Waals surface area (Å²) in [5.74, 6) is -0.0366. The molecule has 0 unspecified atom stereocenters. The van der Waals surface area contributed by atoms with E-state index >= 15 is 0 Å². The largest absolute Gasteiger partial charge is 0.507 e. The van der Waals surface area contributed by atoms with E-state index in [0.717, 1.165) is 11.1 Å². The Labute approximate surface area is 186 Å². The van der Waals surface area contributed by atoms with Crippen molar-refractivity contribution in [3.63, 3.8) is 0 Å². The van der Waals surface area contributed by atoms with Gasteiger partial charge in [0, 0.05) is 34.9 Å². The van der Waals surface area contributed by atoms with Crippen LogP contribution in [0.5, 0.6) is 5.75 Å². The zero-order valence-electron chi connectivity index (χ0n) is 17.6. The number of nitro groups is 1. The summed E-state index contributed by atoms with van der Waals surface area (Å²) in [7, 11) is 0. The Morgan fingerprint density at radius 1 is 0.844 bits per heavy atom. The number of non-ortho nitro benzene ring substituents is 1. The highest BCUT2D eigenvalue weighted by Gasteiger charge is 2.35. The average molecular weight is 422 g/mol. The van der Waals surface area contributed by atoms with Gasteiger partial charge in [0.05, 0.1) is 10.6 Å². The minimum absolute atomic E-state index is 0.0366. The molecule has 0 fully saturated rings. The van der Waals surface area contributed by atoms with Gasteiger partial charge in [0.25, 0.3) is 5.69 Å². The summed E-state index contributed by atoms with van der Waals surface area (Å²) in [6.07, 6.45) is 1.47. The fraction of sp³-hybridized carbons (Fsp3) is 0.0741. The molecule has 0 saturated carbocycles.